The fraction of sp³-hybridized carbons (Fsp3) is 0.750. The van der Waals surface area contributed by atoms with Gasteiger partial charge in [0.2, 0.25) is 0 Å². The lowest BCUT2D eigenvalue weighted by atomic mass is 10.4. The molecular formula is C16H32N2O10+2. The number of esters is 2. The minimum atomic E-state index is -0.670. The van der Waals surface area contributed by atoms with E-state index >= 15 is 0 Å². The number of carbonyl (C=O) groups excluding carboxylic acids is 2. The molecule has 0 spiro atoms. The van der Waals surface area contributed by atoms with E-state index in [1.54, 1.807) is 0 Å². The minimum absolute atomic E-state index is 0.0966. The van der Waals surface area contributed by atoms with Gasteiger partial charge >= 0.3 is 11.9 Å². The van der Waals surface area contributed by atoms with Gasteiger partial charge in [0.05, 0.1) is 23.2 Å². The van der Waals surface area contributed by atoms with Gasteiger partial charge in [-0.15, -0.1) is 29.0 Å². The summed E-state index contributed by atoms with van der Waals surface area (Å²) in [7, 11) is 8.54. The Hall–Kier alpha value is -1.64. The maximum absolute atomic E-state index is 11.6. The molecule has 0 fully saturated rings. The highest BCUT2D eigenvalue weighted by atomic mass is 17.2. The van der Waals surface area contributed by atoms with Gasteiger partial charge in [-0.25, -0.2) is 9.59 Å². The minimum Gasteiger partial charge on any atom is -0.462 e. The van der Waals surface area contributed by atoms with Crippen molar-refractivity contribution >= 4 is 11.9 Å². The average molecular weight is 412 g/mol. The van der Waals surface area contributed by atoms with Gasteiger partial charge < -0.3 is 9.47 Å². The molecule has 0 radical (unpaired) electrons. The molecule has 0 bridgehead atoms. The monoisotopic (exact) mass is 412 g/mol. The van der Waals surface area contributed by atoms with E-state index < -0.39 is 21.9 Å². The number of hydrogen-bond donors (Lipinski definition) is 0. The zero-order valence-electron chi connectivity index (χ0n) is 17.4. The molecule has 0 aromatic rings. The highest BCUT2D eigenvalue weighted by Crippen LogP contribution is 2.10. The van der Waals surface area contributed by atoms with Crippen LogP contribution in [0.1, 0.15) is 12.8 Å². The molecule has 0 saturated carbocycles. The van der Waals surface area contributed by atoms with Crippen LogP contribution in [0.5, 0.6) is 0 Å². The topological polar surface area (TPSA) is 108 Å². The smallest absolute Gasteiger partial charge is 0.331 e. The van der Waals surface area contributed by atoms with Crippen molar-refractivity contribution in [2.24, 2.45) is 0 Å². The Kier molecular flexibility index (Phi) is 13.5. The molecule has 0 unspecified atom stereocenters. The largest absolute Gasteiger partial charge is 0.462 e. The molecule has 28 heavy (non-hydrogen) atoms. The lowest BCUT2D eigenvalue weighted by molar-refractivity contribution is -1.36. The molecule has 0 atom stereocenters. The van der Waals surface area contributed by atoms with Crippen LogP contribution in [0.4, 0.5) is 0 Å². The highest BCUT2D eigenvalue weighted by Gasteiger charge is 2.30. The van der Waals surface area contributed by atoms with Crippen molar-refractivity contribution in [3.63, 3.8) is 0 Å². The van der Waals surface area contributed by atoms with Crippen molar-refractivity contribution in [3.8, 4) is 0 Å². The van der Waals surface area contributed by atoms with Crippen LogP contribution in [0.2, 0.25) is 0 Å². The third-order valence-corrected chi connectivity index (χ3v) is 3.67. The van der Waals surface area contributed by atoms with Crippen molar-refractivity contribution in [1.82, 2.24) is 0 Å². The van der Waals surface area contributed by atoms with Crippen molar-refractivity contribution < 1.29 is 58.0 Å². The van der Waals surface area contributed by atoms with E-state index in [0.717, 1.165) is 12.2 Å². The highest BCUT2D eigenvalue weighted by molar-refractivity contribution is 5.91. The number of quaternary nitrogens is 2. The summed E-state index contributed by atoms with van der Waals surface area (Å²) in [6, 6.07) is 0. The molecule has 0 amide bonds. The number of nitrogens with zero attached hydrogens (tertiary/aromatic N) is 2. The van der Waals surface area contributed by atoms with E-state index in [0.29, 0.717) is 25.9 Å². The Morgan fingerprint density at radius 1 is 0.607 bits per heavy atom. The van der Waals surface area contributed by atoms with Crippen LogP contribution in [0.15, 0.2) is 12.2 Å². The number of hydroxylamine groups is 6. The third-order valence-electron chi connectivity index (χ3n) is 3.67. The Bertz CT molecular complexity index is 420. The summed E-state index contributed by atoms with van der Waals surface area (Å²) >= 11 is 0. The number of rotatable bonds is 16. The first-order valence-electron chi connectivity index (χ1n) is 8.48. The van der Waals surface area contributed by atoms with Crippen LogP contribution in [0.25, 0.3) is 0 Å². The van der Waals surface area contributed by atoms with E-state index in [4.69, 9.17) is 38.5 Å². The summed E-state index contributed by atoms with van der Waals surface area (Å²) in [5.41, 5.74) is 0. The molecule has 0 aliphatic rings. The molecule has 164 valence electrons. The summed E-state index contributed by atoms with van der Waals surface area (Å²) in [6.45, 7) is 0.790. The van der Waals surface area contributed by atoms with Crippen LogP contribution >= 0.6 is 0 Å². The van der Waals surface area contributed by atoms with Gasteiger partial charge in [-0.1, -0.05) is 0 Å². The molecule has 0 aromatic carbocycles. The van der Waals surface area contributed by atoms with E-state index in [9.17, 15) is 9.59 Å². The fourth-order valence-corrected chi connectivity index (χ4v) is 2.09. The first-order chi connectivity index (χ1) is 13.4. The SMILES string of the molecule is CO[N+](CCCOC(=O)/C=C\C(=O)OCCC[N+](OC)(OC)OC)(OC)OC. The number of carbonyl (C=O) groups is 2. The summed E-state index contributed by atoms with van der Waals surface area (Å²) in [4.78, 5) is 52.6. The summed E-state index contributed by atoms with van der Waals surface area (Å²) in [5.74, 6) is -1.34. The Labute approximate surface area is 164 Å². The van der Waals surface area contributed by atoms with Gasteiger partial charge in [0.25, 0.3) is 0 Å². The zero-order valence-corrected chi connectivity index (χ0v) is 17.4. The molecule has 0 saturated heterocycles. The molecular weight excluding hydrogens is 380 g/mol. The van der Waals surface area contributed by atoms with Crippen LogP contribution in [0, 0.1) is 0 Å². The van der Waals surface area contributed by atoms with Crippen LogP contribution in [-0.2, 0) is 48.1 Å². The van der Waals surface area contributed by atoms with Crippen LogP contribution in [0.3, 0.4) is 0 Å². The first kappa shape index (κ1) is 26.4. The Morgan fingerprint density at radius 3 is 1.14 bits per heavy atom. The van der Waals surface area contributed by atoms with Gasteiger partial charge in [0.1, 0.15) is 42.7 Å². The van der Waals surface area contributed by atoms with Gasteiger partial charge in [0.15, 0.2) is 13.1 Å². The van der Waals surface area contributed by atoms with E-state index in [1.165, 1.54) is 42.7 Å². The molecule has 12 heteroatoms. The van der Waals surface area contributed by atoms with Gasteiger partial charge in [0, 0.05) is 25.0 Å². The predicted molar refractivity (Wildman–Crippen MR) is 92.6 cm³/mol. The van der Waals surface area contributed by atoms with Crippen molar-refractivity contribution in [2.75, 3.05) is 69.0 Å². The average Bonchev–Trinajstić information content (AvgIpc) is 2.73. The third kappa shape index (κ3) is 9.52. The standard InChI is InChI=1S/C16H32N2O10/c1-21-17(22-2,23-3)11-7-13-27-15(19)9-10-16(20)28-14-8-12-18(24-4,25-5)26-6/h9-10H,7-8,11-14H2,1-6H3/q+2/b10-9-. The molecule has 0 heterocycles. The quantitative estimate of drug-likeness (QED) is 0.116. The van der Waals surface area contributed by atoms with Crippen LogP contribution in [-0.4, -0.2) is 90.8 Å². The van der Waals surface area contributed by atoms with Gasteiger partial charge in [-0.2, -0.15) is 0 Å². The molecule has 12 nitrogen and oxygen atoms in total. The molecule has 0 aliphatic carbocycles. The number of ether oxygens (including phenoxy) is 2. The first-order valence-corrected chi connectivity index (χ1v) is 8.48. The van der Waals surface area contributed by atoms with Crippen molar-refractivity contribution in [2.45, 2.75) is 12.8 Å². The lowest BCUT2D eigenvalue weighted by Gasteiger charge is -2.24. The molecule has 0 N–H and O–H groups in total. The second kappa shape index (κ2) is 14.4. The maximum atomic E-state index is 11.6. The van der Waals surface area contributed by atoms with Gasteiger partial charge in [-0.3, -0.25) is 0 Å². The second-order valence-corrected chi connectivity index (χ2v) is 5.14. The zero-order chi connectivity index (χ0) is 21.5. The molecule has 0 aromatic heterocycles. The normalized spacial score (nSPS) is 12.4. The second-order valence-electron chi connectivity index (χ2n) is 5.14. The van der Waals surface area contributed by atoms with E-state index in [2.05, 4.69) is 0 Å². The lowest BCUT2D eigenvalue weighted by Crippen LogP contribution is -2.45. The van der Waals surface area contributed by atoms with Crippen molar-refractivity contribution in [3.05, 3.63) is 12.2 Å². The maximum Gasteiger partial charge on any atom is 0.331 e. The molecule has 0 aliphatic heterocycles. The summed E-state index contributed by atoms with van der Waals surface area (Å²) < 4.78 is 9.95. The van der Waals surface area contributed by atoms with Crippen LogP contribution < -0.4 is 0 Å². The Morgan fingerprint density at radius 2 is 0.893 bits per heavy atom. The number of hydrogen-bond acceptors (Lipinski definition) is 10. The summed E-state index contributed by atoms with van der Waals surface area (Å²) in [6.07, 6.45) is 2.82. The van der Waals surface area contributed by atoms with E-state index in [-0.39, 0.29) is 13.2 Å². The fourth-order valence-electron chi connectivity index (χ4n) is 2.09. The van der Waals surface area contributed by atoms with E-state index in [1.807, 2.05) is 0 Å². The predicted octanol–water partition coefficient (Wildman–Crippen LogP) is 0.411. The molecule has 0 rings (SSSR count). The van der Waals surface area contributed by atoms with Gasteiger partial charge in [-0.05, 0) is 0 Å². The Balaban J connectivity index is 4.07. The summed E-state index contributed by atoms with van der Waals surface area (Å²) in [5, 5.41) is 0. The van der Waals surface area contributed by atoms with Crippen molar-refractivity contribution in [1.29, 1.82) is 0 Å².